The van der Waals surface area contributed by atoms with Gasteiger partial charge in [0, 0.05) is 23.5 Å². The highest BCUT2D eigenvalue weighted by atomic mass is 16.6. The summed E-state index contributed by atoms with van der Waals surface area (Å²) in [5.41, 5.74) is 11.2. The van der Waals surface area contributed by atoms with Gasteiger partial charge in [-0.25, -0.2) is 0 Å². The van der Waals surface area contributed by atoms with Crippen LogP contribution >= 0.6 is 0 Å². The second kappa shape index (κ2) is 8.14. The van der Waals surface area contributed by atoms with Crippen molar-refractivity contribution < 1.29 is 19.0 Å². The lowest BCUT2D eigenvalue weighted by molar-refractivity contribution is 0.1000. The van der Waals surface area contributed by atoms with Crippen LogP contribution in [-0.4, -0.2) is 30.8 Å². The van der Waals surface area contributed by atoms with E-state index in [4.69, 9.17) is 19.9 Å². The molecule has 30 heavy (non-hydrogen) atoms. The van der Waals surface area contributed by atoms with Crippen LogP contribution in [0.2, 0.25) is 0 Å². The Kier molecular flexibility index (Phi) is 5.40. The summed E-state index contributed by atoms with van der Waals surface area (Å²) in [6.45, 7) is 5.77. The van der Waals surface area contributed by atoms with Crippen LogP contribution < -0.4 is 19.9 Å². The lowest BCUT2D eigenvalue weighted by Gasteiger charge is -2.19. The van der Waals surface area contributed by atoms with Crippen molar-refractivity contribution in [3.8, 4) is 28.4 Å². The van der Waals surface area contributed by atoms with Gasteiger partial charge in [-0.3, -0.25) is 4.79 Å². The minimum absolute atomic E-state index is 0.427. The molecule has 0 saturated carbocycles. The van der Waals surface area contributed by atoms with Crippen LogP contribution in [0, 0.1) is 13.8 Å². The number of hydrogen-bond acceptors (Lipinski definition) is 4. The molecule has 156 valence electrons. The first-order valence-electron chi connectivity index (χ1n) is 10.0. The standard InChI is InChI=1S/C24H26N2O4/c1-15-22(18-6-9-20-21(14-18)30-13-12-29-20)23(24(25)27)16(2)26(15)11-10-17-4-7-19(28-3)8-5-17/h4-9,14H,10-13H2,1-3H3,(H2,25,27). The van der Waals surface area contributed by atoms with Gasteiger partial charge in [-0.1, -0.05) is 18.2 Å². The van der Waals surface area contributed by atoms with Crippen molar-refractivity contribution in [3.05, 3.63) is 65.0 Å². The molecule has 1 aliphatic rings. The molecule has 0 atom stereocenters. The van der Waals surface area contributed by atoms with Gasteiger partial charge in [-0.05, 0) is 55.7 Å². The summed E-state index contributed by atoms with van der Waals surface area (Å²) >= 11 is 0. The zero-order valence-corrected chi connectivity index (χ0v) is 17.5. The summed E-state index contributed by atoms with van der Waals surface area (Å²) in [5, 5.41) is 0. The first kappa shape index (κ1) is 19.9. The Morgan fingerprint density at radius 3 is 2.40 bits per heavy atom. The molecule has 0 bridgehead atoms. The van der Waals surface area contributed by atoms with Gasteiger partial charge >= 0.3 is 0 Å². The van der Waals surface area contributed by atoms with E-state index in [1.165, 1.54) is 5.56 Å². The second-order valence-electron chi connectivity index (χ2n) is 7.39. The maximum absolute atomic E-state index is 12.4. The molecule has 6 nitrogen and oxygen atoms in total. The van der Waals surface area contributed by atoms with Gasteiger partial charge < -0.3 is 24.5 Å². The average Bonchev–Trinajstić information content (AvgIpc) is 3.02. The van der Waals surface area contributed by atoms with Crippen LogP contribution in [0.3, 0.4) is 0 Å². The zero-order valence-electron chi connectivity index (χ0n) is 17.5. The van der Waals surface area contributed by atoms with E-state index in [0.717, 1.165) is 47.0 Å². The smallest absolute Gasteiger partial charge is 0.251 e. The van der Waals surface area contributed by atoms with Crippen molar-refractivity contribution in [3.63, 3.8) is 0 Å². The average molecular weight is 406 g/mol. The SMILES string of the molecule is COc1ccc(CCn2c(C)c(C(N)=O)c(-c3ccc4c(c3)OCCO4)c2C)cc1. The highest BCUT2D eigenvalue weighted by molar-refractivity contribution is 6.02. The van der Waals surface area contributed by atoms with Crippen LogP contribution in [0.1, 0.15) is 27.3 Å². The number of fused-ring (bicyclic) bond motifs is 1. The summed E-state index contributed by atoms with van der Waals surface area (Å²) in [7, 11) is 1.66. The number of carbonyl (C=O) groups excluding carboxylic acids is 1. The van der Waals surface area contributed by atoms with Crippen LogP contribution in [0.15, 0.2) is 42.5 Å². The van der Waals surface area contributed by atoms with Crippen molar-refractivity contribution in [2.24, 2.45) is 5.73 Å². The third-order valence-corrected chi connectivity index (χ3v) is 5.64. The number of amides is 1. The number of benzene rings is 2. The highest BCUT2D eigenvalue weighted by Crippen LogP contribution is 2.38. The summed E-state index contributed by atoms with van der Waals surface area (Å²) in [5.74, 6) is 1.82. The molecule has 0 fully saturated rings. The van der Waals surface area contributed by atoms with Gasteiger partial charge in [0.15, 0.2) is 11.5 Å². The molecule has 0 radical (unpaired) electrons. The fraction of sp³-hybridized carbons (Fsp3) is 0.292. The van der Waals surface area contributed by atoms with E-state index in [1.54, 1.807) is 7.11 Å². The molecule has 1 amide bonds. The van der Waals surface area contributed by atoms with E-state index in [2.05, 4.69) is 16.7 Å². The topological polar surface area (TPSA) is 75.7 Å². The molecule has 2 heterocycles. The monoisotopic (exact) mass is 406 g/mol. The Bertz CT molecular complexity index is 1080. The normalized spacial score (nSPS) is 12.6. The molecule has 3 aromatic rings. The van der Waals surface area contributed by atoms with E-state index in [9.17, 15) is 4.79 Å². The van der Waals surface area contributed by atoms with Crippen LogP contribution in [0.25, 0.3) is 11.1 Å². The fourth-order valence-corrected chi connectivity index (χ4v) is 4.11. The van der Waals surface area contributed by atoms with Gasteiger partial charge in [0.2, 0.25) is 0 Å². The molecule has 0 unspecified atom stereocenters. The quantitative estimate of drug-likeness (QED) is 0.674. The Morgan fingerprint density at radius 1 is 1.03 bits per heavy atom. The number of aryl methyl sites for hydroxylation is 1. The molecule has 1 aromatic heterocycles. The van der Waals surface area contributed by atoms with Crippen molar-refractivity contribution in [1.29, 1.82) is 0 Å². The number of nitrogens with two attached hydrogens (primary N) is 1. The largest absolute Gasteiger partial charge is 0.497 e. The minimum Gasteiger partial charge on any atom is -0.497 e. The van der Waals surface area contributed by atoms with E-state index in [1.807, 2.05) is 44.2 Å². The third kappa shape index (κ3) is 3.61. The fourth-order valence-electron chi connectivity index (χ4n) is 4.11. The first-order chi connectivity index (χ1) is 14.5. The van der Waals surface area contributed by atoms with Gasteiger partial charge in [0.1, 0.15) is 19.0 Å². The molecule has 2 aromatic carbocycles. The molecule has 0 aliphatic carbocycles. The molecule has 0 spiro atoms. The molecular weight excluding hydrogens is 380 g/mol. The summed E-state index contributed by atoms with van der Waals surface area (Å²) < 4.78 is 18.7. The summed E-state index contributed by atoms with van der Waals surface area (Å²) in [6.07, 6.45) is 0.832. The van der Waals surface area contributed by atoms with Gasteiger partial charge in [0.05, 0.1) is 12.7 Å². The number of primary amides is 1. The van der Waals surface area contributed by atoms with E-state index in [-0.39, 0.29) is 0 Å². The van der Waals surface area contributed by atoms with Crippen LogP contribution in [0.4, 0.5) is 0 Å². The molecule has 4 rings (SSSR count). The van der Waals surface area contributed by atoms with Gasteiger partial charge in [-0.15, -0.1) is 0 Å². The molecule has 6 heteroatoms. The van der Waals surface area contributed by atoms with Crippen LogP contribution in [-0.2, 0) is 13.0 Å². The molecule has 0 saturated heterocycles. The third-order valence-electron chi connectivity index (χ3n) is 5.64. The Labute approximate surface area is 176 Å². The number of rotatable bonds is 6. The zero-order chi connectivity index (χ0) is 21.3. The predicted octanol–water partition coefficient (Wildman–Crippen LogP) is 3.89. The van der Waals surface area contributed by atoms with Crippen molar-refractivity contribution >= 4 is 5.91 Å². The molecule has 2 N–H and O–H groups in total. The number of aromatic nitrogens is 1. The van der Waals surface area contributed by atoms with Crippen LogP contribution in [0.5, 0.6) is 17.2 Å². The van der Waals surface area contributed by atoms with Crippen molar-refractivity contribution in [1.82, 2.24) is 4.57 Å². The Morgan fingerprint density at radius 2 is 1.73 bits per heavy atom. The predicted molar refractivity (Wildman–Crippen MR) is 116 cm³/mol. The second-order valence-corrected chi connectivity index (χ2v) is 7.39. The highest BCUT2D eigenvalue weighted by Gasteiger charge is 2.24. The number of methoxy groups -OCH3 is 1. The maximum atomic E-state index is 12.4. The maximum Gasteiger partial charge on any atom is 0.251 e. The molecule has 1 aliphatic heterocycles. The van der Waals surface area contributed by atoms with E-state index in [0.29, 0.717) is 24.5 Å². The van der Waals surface area contributed by atoms with Crippen molar-refractivity contribution in [2.45, 2.75) is 26.8 Å². The minimum atomic E-state index is -0.427. The first-order valence-corrected chi connectivity index (χ1v) is 10.0. The molecular formula is C24H26N2O4. The number of nitrogens with zero attached hydrogens (tertiary/aromatic N) is 1. The number of hydrogen-bond donors (Lipinski definition) is 1. The van der Waals surface area contributed by atoms with Gasteiger partial charge in [-0.2, -0.15) is 0 Å². The Hall–Kier alpha value is -3.41. The summed E-state index contributed by atoms with van der Waals surface area (Å²) in [6, 6.07) is 13.8. The lowest BCUT2D eigenvalue weighted by atomic mass is 9.99. The Balaban J connectivity index is 1.70. The van der Waals surface area contributed by atoms with E-state index >= 15 is 0 Å². The summed E-state index contributed by atoms with van der Waals surface area (Å²) in [4.78, 5) is 12.4. The van der Waals surface area contributed by atoms with Gasteiger partial charge in [0.25, 0.3) is 5.91 Å². The lowest BCUT2D eigenvalue weighted by Crippen LogP contribution is -2.15. The van der Waals surface area contributed by atoms with E-state index < -0.39 is 5.91 Å². The van der Waals surface area contributed by atoms with Crippen molar-refractivity contribution in [2.75, 3.05) is 20.3 Å². The number of carbonyl (C=O) groups is 1. The number of ether oxygens (including phenoxy) is 3.